The van der Waals surface area contributed by atoms with Gasteiger partial charge in [0, 0.05) is 32.5 Å². The highest BCUT2D eigenvalue weighted by molar-refractivity contribution is 5.82. The molecule has 0 spiro atoms. The zero-order valence-corrected chi connectivity index (χ0v) is 39.9. The van der Waals surface area contributed by atoms with Crippen LogP contribution in [-0.4, -0.2) is 61.6 Å². The molecule has 4 aliphatic carbocycles. The summed E-state index contributed by atoms with van der Waals surface area (Å²) in [5.74, 6) is 4.87. The summed E-state index contributed by atoms with van der Waals surface area (Å²) in [6, 6.07) is 0. The number of fused-ring (bicyclic) bond motifs is 5. The Morgan fingerprint density at radius 1 is 0.767 bits per heavy atom. The van der Waals surface area contributed by atoms with Crippen LogP contribution in [0.1, 0.15) is 215 Å². The summed E-state index contributed by atoms with van der Waals surface area (Å²) in [4.78, 5) is 40.8. The second-order valence-corrected chi connectivity index (χ2v) is 21.1. The van der Waals surface area contributed by atoms with Gasteiger partial charge in [-0.3, -0.25) is 14.5 Å². The molecule has 4 N–H and O–H groups in total. The van der Waals surface area contributed by atoms with Crippen LogP contribution in [0.4, 0.5) is 4.79 Å². The van der Waals surface area contributed by atoms with E-state index in [1.165, 1.54) is 102 Å². The average Bonchev–Trinajstić information content (AvgIpc) is 3.58. The van der Waals surface area contributed by atoms with Crippen molar-refractivity contribution in [3.05, 3.63) is 11.6 Å². The molecule has 0 unspecified atom stereocenters. The van der Waals surface area contributed by atoms with Gasteiger partial charge >= 0.3 is 6.09 Å². The van der Waals surface area contributed by atoms with Crippen LogP contribution in [-0.2, 0) is 14.3 Å². The first-order valence-electron chi connectivity index (χ1n) is 25.8. The van der Waals surface area contributed by atoms with Gasteiger partial charge in [-0.05, 0) is 130 Å². The molecule has 60 heavy (non-hydrogen) atoms. The van der Waals surface area contributed by atoms with Crippen LogP contribution in [0.5, 0.6) is 0 Å². The predicted octanol–water partition coefficient (Wildman–Crippen LogP) is 12.3. The third-order valence-electron chi connectivity index (χ3n) is 16.3. The molecule has 0 aromatic heterocycles. The monoisotopic (exact) mass is 839 g/mol. The molecule has 0 heterocycles. The molecule has 0 saturated heterocycles. The maximum absolute atomic E-state index is 13.8. The van der Waals surface area contributed by atoms with E-state index in [9.17, 15) is 14.4 Å². The Bertz CT molecular complexity index is 1300. The first kappa shape index (κ1) is 50.6. The SMILES string of the molecule is CCCCCCCCCCCC(=O)NCCCCCCN(CC(=O)NCCCCN)C(=O)O[C@H]1CC[C@@]2(C)C(=CC[C@H]3[C@@H]4CC[C@H]([C@H](C)CCCC(C)C)[C@@]4(C)CC[C@@H]32)C1. The van der Waals surface area contributed by atoms with Crippen molar-refractivity contribution in [3.63, 3.8) is 0 Å². The van der Waals surface area contributed by atoms with Crippen molar-refractivity contribution in [1.29, 1.82) is 0 Å². The molecule has 4 rings (SSSR count). The van der Waals surface area contributed by atoms with E-state index in [-0.39, 0.29) is 36.0 Å². The highest BCUT2D eigenvalue weighted by Crippen LogP contribution is 2.67. The van der Waals surface area contributed by atoms with Gasteiger partial charge in [0.1, 0.15) is 12.6 Å². The molecule has 3 saturated carbocycles. The topological polar surface area (TPSA) is 114 Å². The Morgan fingerprint density at radius 3 is 2.15 bits per heavy atom. The second-order valence-electron chi connectivity index (χ2n) is 21.1. The summed E-state index contributed by atoms with van der Waals surface area (Å²) < 4.78 is 6.30. The highest BCUT2D eigenvalue weighted by Gasteiger charge is 2.59. The van der Waals surface area contributed by atoms with Crippen molar-refractivity contribution in [2.24, 2.45) is 52.1 Å². The van der Waals surface area contributed by atoms with E-state index >= 15 is 0 Å². The number of rotatable bonds is 29. The number of nitrogens with zero attached hydrogens (tertiary/aromatic N) is 1. The van der Waals surface area contributed by atoms with Gasteiger partial charge in [0.15, 0.2) is 0 Å². The van der Waals surface area contributed by atoms with E-state index in [1.54, 1.807) is 4.90 Å². The van der Waals surface area contributed by atoms with Gasteiger partial charge in [-0.25, -0.2) is 4.79 Å². The summed E-state index contributed by atoms with van der Waals surface area (Å²) in [7, 11) is 0. The average molecular weight is 839 g/mol. The number of nitrogens with two attached hydrogens (primary N) is 1. The predicted molar refractivity (Wildman–Crippen MR) is 250 cm³/mol. The van der Waals surface area contributed by atoms with E-state index in [0.29, 0.717) is 38.0 Å². The molecule has 346 valence electrons. The van der Waals surface area contributed by atoms with Crippen molar-refractivity contribution in [1.82, 2.24) is 15.5 Å². The molecule has 0 bridgehead atoms. The van der Waals surface area contributed by atoms with Gasteiger partial charge in [-0.1, -0.05) is 137 Å². The third-order valence-corrected chi connectivity index (χ3v) is 16.3. The zero-order valence-electron chi connectivity index (χ0n) is 39.9. The minimum atomic E-state index is -0.355. The lowest BCUT2D eigenvalue weighted by Gasteiger charge is -2.58. The van der Waals surface area contributed by atoms with Gasteiger partial charge in [0.2, 0.25) is 11.8 Å². The molecule has 8 nitrogen and oxygen atoms in total. The summed E-state index contributed by atoms with van der Waals surface area (Å²) in [6.45, 7) is 17.1. The molecule has 3 amide bonds. The third kappa shape index (κ3) is 15.3. The molecular formula is C52H94N4O4. The molecule has 0 aliphatic heterocycles. The first-order chi connectivity index (χ1) is 28.9. The van der Waals surface area contributed by atoms with Crippen molar-refractivity contribution in [2.75, 3.05) is 32.7 Å². The smallest absolute Gasteiger partial charge is 0.410 e. The number of nitrogens with one attached hydrogen (secondary N) is 2. The van der Waals surface area contributed by atoms with Gasteiger partial charge < -0.3 is 21.1 Å². The Labute approximate surface area is 368 Å². The maximum Gasteiger partial charge on any atom is 0.410 e. The van der Waals surface area contributed by atoms with Crippen LogP contribution < -0.4 is 16.4 Å². The number of ether oxygens (including phenoxy) is 1. The summed E-state index contributed by atoms with van der Waals surface area (Å²) in [6.07, 6.45) is 33.0. The van der Waals surface area contributed by atoms with Crippen molar-refractivity contribution in [2.45, 2.75) is 221 Å². The lowest BCUT2D eigenvalue weighted by atomic mass is 9.47. The second kappa shape index (κ2) is 26.5. The van der Waals surface area contributed by atoms with E-state index in [0.717, 1.165) is 106 Å². The Morgan fingerprint density at radius 2 is 1.43 bits per heavy atom. The largest absolute Gasteiger partial charge is 0.446 e. The van der Waals surface area contributed by atoms with Gasteiger partial charge in [-0.15, -0.1) is 0 Å². The van der Waals surface area contributed by atoms with E-state index < -0.39 is 0 Å². The van der Waals surface area contributed by atoms with Crippen LogP contribution in [0.2, 0.25) is 0 Å². The van der Waals surface area contributed by atoms with E-state index in [4.69, 9.17) is 10.5 Å². The summed E-state index contributed by atoms with van der Waals surface area (Å²) >= 11 is 0. The number of hydrogen-bond acceptors (Lipinski definition) is 5. The first-order valence-corrected chi connectivity index (χ1v) is 25.8. The van der Waals surface area contributed by atoms with E-state index in [2.05, 4.69) is 58.3 Å². The zero-order chi connectivity index (χ0) is 43.4. The fraction of sp³-hybridized carbons (Fsp3) is 0.904. The lowest BCUT2D eigenvalue weighted by Crippen LogP contribution is -2.51. The number of unbranched alkanes of at least 4 members (excludes halogenated alkanes) is 12. The summed E-state index contributed by atoms with van der Waals surface area (Å²) in [5, 5.41) is 6.08. The van der Waals surface area contributed by atoms with Crippen molar-refractivity contribution < 1.29 is 19.1 Å². The summed E-state index contributed by atoms with van der Waals surface area (Å²) in [5.41, 5.74) is 7.86. The fourth-order valence-electron chi connectivity index (χ4n) is 12.6. The molecule has 0 aromatic carbocycles. The Hall–Kier alpha value is -2.09. The maximum atomic E-state index is 13.8. The number of amides is 3. The van der Waals surface area contributed by atoms with Gasteiger partial charge in [0.05, 0.1) is 0 Å². The number of hydrogen-bond donors (Lipinski definition) is 3. The minimum Gasteiger partial charge on any atom is -0.446 e. The minimum absolute atomic E-state index is 0.0186. The molecule has 4 aliphatic rings. The highest BCUT2D eigenvalue weighted by atomic mass is 16.6. The fourth-order valence-corrected chi connectivity index (χ4v) is 12.6. The standard InChI is InChI=1S/C52H94N4O4/c1-7-8-9-10-11-12-13-14-17-25-48(57)54-35-19-15-16-21-37-56(39-49(58)55-36-20-18-34-53)50(59)60-43-30-32-51(5)42(38-43)26-27-44-46-29-28-45(41(4)24-22-23-40(2)3)52(46,6)33-31-47(44)51/h26,40-41,43-47H,7-25,27-39,53H2,1-6H3,(H,54,57)(H,55,58)/t41-,43+,44+,45-,46+,47+,51+,52-/m1/s1. The lowest BCUT2D eigenvalue weighted by molar-refractivity contribution is -0.122. The number of allylic oxidation sites excluding steroid dienone is 1. The van der Waals surface area contributed by atoms with E-state index in [1.807, 2.05) is 0 Å². The van der Waals surface area contributed by atoms with Crippen LogP contribution >= 0.6 is 0 Å². The molecule has 3 fully saturated rings. The molecule has 8 atom stereocenters. The Balaban J connectivity index is 1.21. The molecule has 8 heteroatoms. The number of carbonyl (C=O) groups excluding carboxylic acids is 3. The van der Waals surface area contributed by atoms with Crippen molar-refractivity contribution in [3.8, 4) is 0 Å². The molecule has 0 radical (unpaired) electrons. The van der Waals surface area contributed by atoms with Crippen molar-refractivity contribution >= 4 is 17.9 Å². The normalized spacial score (nSPS) is 27.7. The van der Waals surface area contributed by atoms with Crippen LogP contribution in [0.3, 0.4) is 0 Å². The van der Waals surface area contributed by atoms with Crippen LogP contribution in [0.25, 0.3) is 0 Å². The van der Waals surface area contributed by atoms with Crippen LogP contribution in [0, 0.1) is 46.3 Å². The molecular weight excluding hydrogens is 745 g/mol. The van der Waals surface area contributed by atoms with Crippen LogP contribution in [0.15, 0.2) is 11.6 Å². The van der Waals surface area contributed by atoms with Gasteiger partial charge in [0.25, 0.3) is 0 Å². The quantitative estimate of drug-likeness (QED) is 0.0513. The Kier molecular flexibility index (Phi) is 22.3. The van der Waals surface area contributed by atoms with Gasteiger partial charge in [-0.2, -0.15) is 0 Å². The molecule has 0 aromatic rings. The number of carbonyl (C=O) groups is 3.